The minimum Gasteiger partial charge on any atom is -0.331 e. The number of nitrogens with one attached hydrogen (secondary N) is 1. The summed E-state index contributed by atoms with van der Waals surface area (Å²) in [6.07, 6.45) is 3.89. The molecule has 1 atom stereocenters. The van der Waals surface area contributed by atoms with Crippen molar-refractivity contribution in [1.82, 2.24) is 15.3 Å². The summed E-state index contributed by atoms with van der Waals surface area (Å²) in [4.78, 5) is 22.0. The summed E-state index contributed by atoms with van der Waals surface area (Å²) in [5.74, 6) is -0.535. The molecule has 0 unspecified atom stereocenters. The van der Waals surface area contributed by atoms with Crippen LogP contribution in [0.1, 0.15) is 24.2 Å². The van der Waals surface area contributed by atoms with E-state index in [1.807, 2.05) is 13.0 Å². The average molecular weight is 365 g/mol. The van der Waals surface area contributed by atoms with Crippen LogP contribution in [0.2, 0.25) is 0 Å². The van der Waals surface area contributed by atoms with Crippen molar-refractivity contribution in [3.63, 3.8) is 0 Å². The zero-order valence-corrected chi connectivity index (χ0v) is 13.5. The zero-order chi connectivity index (χ0) is 15.7. The van der Waals surface area contributed by atoms with Crippen LogP contribution in [0.4, 0.5) is 14.9 Å². The van der Waals surface area contributed by atoms with E-state index in [9.17, 15) is 9.18 Å². The van der Waals surface area contributed by atoms with Gasteiger partial charge in [-0.2, -0.15) is 4.39 Å². The van der Waals surface area contributed by atoms with Gasteiger partial charge in [-0.05, 0) is 40.5 Å². The fourth-order valence-corrected chi connectivity index (χ4v) is 2.74. The molecule has 0 saturated carbocycles. The normalized spacial score (nSPS) is 14.6. The monoisotopic (exact) mass is 364 g/mol. The standard InChI is InChI=1S/C15H14BrFN4O/c1-9(10-2-3-14(17)19-7-10)20-15(22)21-5-4-12-13(21)6-11(16)8-18-12/h2-3,6-9H,4-5H2,1H3,(H,20,22)/t9-/m0/s1. The molecule has 0 aliphatic carbocycles. The lowest BCUT2D eigenvalue weighted by molar-refractivity contribution is 0.244. The summed E-state index contributed by atoms with van der Waals surface area (Å²) in [7, 11) is 0. The Bertz CT molecular complexity index is 707. The summed E-state index contributed by atoms with van der Waals surface area (Å²) in [6.45, 7) is 2.43. The van der Waals surface area contributed by atoms with E-state index in [-0.39, 0.29) is 12.1 Å². The molecule has 22 heavy (non-hydrogen) atoms. The van der Waals surface area contributed by atoms with E-state index in [2.05, 4.69) is 31.2 Å². The number of amides is 2. The van der Waals surface area contributed by atoms with E-state index in [1.54, 1.807) is 17.2 Å². The van der Waals surface area contributed by atoms with Crippen LogP contribution in [-0.4, -0.2) is 22.5 Å². The van der Waals surface area contributed by atoms with E-state index < -0.39 is 5.95 Å². The lowest BCUT2D eigenvalue weighted by Crippen LogP contribution is -2.40. The van der Waals surface area contributed by atoms with Crippen LogP contribution in [0.5, 0.6) is 0 Å². The topological polar surface area (TPSA) is 58.1 Å². The number of pyridine rings is 2. The number of carbonyl (C=O) groups is 1. The van der Waals surface area contributed by atoms with Gasteiger partial charge in [0.25, 0.3) is 0 Å². The van der Waals surface area contributed by atoms with Crippen LogP contribution in [0.15, 0.2) is 35.1 Å². The molecule has 0 bridgehead atoms. The van der Waals surface area contributed by atoms with Crippen molar-refractivity contribution in [2.45, 2.75) is 19.4 Å². The second-order valence-electron chi connectivity index (χ2n) is 5.11. The molecule has 0 aromatic carbocycles. The van der Waals surface area contributed by atoms with Crippen LogP contribution < -0.4 is 10.2 Å². The van der Waals surface area contributed by atoms with Crippen molar-refractivity contribution >= 4 is 27.6 Å². The van der Waals surface area contributed by atoms with Gasteiger partial charge in [-0.15, -0.1) is 0 Å². The SMILES string of the molecule is C[C@H](NC(=O)N1CCc2ncc(Br)cc21)c1ccc(F)nc1. The first-order valence-electron chi connectivity index (χ1n) is 6.88. The zero-order valence-electron chi connectivity index (χ0n) is 11.9. The molecule has 3 rings (SSSR count). The highest BCUT2D eigenvalue weighted by Gasteiger charge is 2.26. The molecule has 2 amide bonds. The van der Waals surface area contributed by atoms with E-state index in [4.69, 9.17) is 0 Å². The van der Waals surface area contributed by atoms with Gasteiger partial charge in [-0.25, -0.2) is 9.78 Å². The molecule has 114 valence electrons. The fraction of sp³-hybridized carbons (Fsp3) is 0.267. The minimum atomic E-state index is -0.535. The van der Waals surface area contributed by atoms with Crippen molar-refractivity contribution in [3.8, 4) is 0 Å². The molecule has 3 heterocycles. The highest BCUT2D eigenvalue weighted by Crippen LogP contribution is 2.29. The van der Waals surface area contributed by atoms with Gasteiger partial charge in [0.1, 0.15) is 0 Å². The molecule has 1 aliphatic rings. The maximum Gasteiger partial charge on any atom is 0.322 e. The van der Waals surface area contributed by atoms with Crippen molar-refractivity contribution in [1.29, 1.82) is 0 Å². The largest absolute Gasteiger partial charge is 0.331 e. The van der Waals surface area contributed by atoms with Gasteiger partial charge in [0, 0.05) is 29.8 Å². The molecular formula is C15H14BrFN4O. The van der Waals surface area contributed by atoms with Crippen molar-refractivity contribution < 1.29 is 9.18 Å². The van der Waals surface area contributed by atoms with E-state index in [0.717, 1.165) is 27.8 Å². The van der Waals surface area contributed by atoms with Crippen LogP contribution in [0.3, 0.4) is 0 Å². The first-order valence-corrected chi connectivity index (χ1v) is 7.68. The predicted molar refractivity (Wildman–Crippen MR) is 84.1 cm³/mol. The Balaban J connectivity index is 1.73. The molecular weight excluding hydrogens is 351 g/mol. The molecule has 0 radical (unpaired) electrons. The molecule has 2 aromatic heterocycles. The van der Waals surface area contributed by atoms with E-state index in [1.165, 1.54) is 12.3 Å². The first-order chi connectivity index (χ1) is 10.5. The van der Waals surface area contributed by atoms with Gasteiger partial charge in [-0.3, -0.25) is 9.88 Å². The average Bonchev–Trinajstić information content (AvgIpc) is 2.90. The van der Waals surface area contributed by atoms with Crippen LogP contribution >= 0.6 is 15.9 Å². The Hall–Kier alpha value is -2.02. The Kier molecular flexibility index (Phi) is 4.06. The van der Waals surface area contributed by atoms with Crippen molar-refractivity contribution in [2.75, 3.05) is 11.4 Å². The number of anilines is 1. The predicted octanol–water partition coefficient (Wildman–Crippen LogP) is 3.21. The number of fused-ring (bicyclic) bond motifs is 1. The fourth-order valence-electron chi connectivity index (χ4n) is 2.42. The summed E-state index contributed by atoms with van der Waals surface area (Å²) in [5.41, 5.74) is 2.48. The second-order valence-corrected chi connectivity index (χ2v) is 6.02. The molecule has 0 spiro atoms. The van der Waals surface area contributed by atoms with Gasteiger partial charge in [0.15, 0.2) is 0 Å². The van der Waals surface area contributed by atoms with Gasteiger partial charge in [0.2, 0.25) is 5.95 Å². The van der Waals surface area contributed by atoms with E-state index in [0.29, 0.717) is 6.54 Å². The Labute approximate surface area is 135 Å². The second kappa shape index (κ2) is 6.00. The number of hydrogen-bond donors (Lipinski definition) is 1. The Morgan fingerprint density at radius 1 is 1.41 bits per heavy atom. The lowest BCUT2D eigenvalue weighted by Gasteiger charge is -2.21. The van der Waals surface area contributed by atoms with Gasteiger partial charge in [-0.1, -0.05) is 6.07 Å². The summed E-state index contributed by atoms with van der Waals surface area (Å²) >= 11 is 3.37. The maximum absolute atomic E-state index is 12.8. The third kappa shape index (κ3) is 2.94. The van der Waals surface area contributed by atoms with Gasteiger partial charge >= 0.3 is 6.03 Å². The van der Waals surface area contributed by atoms with Gasteiger partial charge < -0.3 is 5.32 Å². The third-order valence-electron chi connectivity index (χ3n) is 3.61. The number of hydrogen-bond acceptors (Lipinski definition) is 3. The van der Waals surface area contributed by atoms with E-state index >= 15 is 0 Å². The first kappa shape index (κ1) is 14.9. The molecule has 1 aliphatic heterocycles. The molecule has 7 heteroatoms. The summed E-state index contributed by atoms with van der Waals surface area (Å²) in [5, 5.41) is 2.90. The highest BCUT2D eigenvalue weighted by atomic mass is 79.9. The summed E-state index contributed by atoms with van der Waals surface area (Å²) < 4.78 is 13.7. The number of rotatable bonds is 2. The van der Waals surface area contributed by atoms with Gasteiger partial charge in [0.05, 0.1) is 17.4 Å². The maximum atomic E-state index is 12.8. The minimum absolute atomic E-state index is 0.199. The molecule has 0 saturated heterocycles. The van der Waals surface area contributed by atoms with Crippen LogP contribution in [0.25, 0.3) is 0 Å². The number of aromatic nitrogens is 2. The Morgan fingerprint density at radius 3 is 2.95 bits per heavy atom. The number of nitrogens with zero attached hydrogens (tertiary/aromatic N) is 3. The molecule has 1 N–H and O–H groups in total. The third-order valence-corrected chi connectivity index (χ3v) is 4.05. The quantitative estimate of drug-likeness (QED) is 0.832. The molecule has 0 fully saturated rings. The molecule has 2 aromatic rings. The van der Waals surface area contributed by atoms with Crippen molar-refractivity contribution in [3.05, 3.63) is 52.3 Å². The highest BCUT2D eigenvalue weighted by molar-refractivity contribution is 9.10. The lowest BCUT2D eigenvalue weighted by atomic mass is 10.1. The number of halogens is 2. The van der Waals surface area contributed by atoms with Crippen LogP contribution in [0, 0.1) is 5.95 Å². The summed E-state index contributed by atoms with van der Waals surface area (Å²) in [6, 6.07) is 4.33. The van der Waals surface area contributed by atoms with Crippen molar-refractivity contribution in [2.24, 2.45) is 0 Å². The smallest absolute Gasteiger partial charge is 0.322 e. The Morgan fingerprint density at radius 2 is 2.23 bits per heavy atom. The van der Waals surface area contributed by atoms with Crippen LogP contribution in [-0.2, 0) is 6.42 Å². The molecule has 5 nitrogen and oxygen atoms in total. The number of carbonyl (C=O) groups excluding carboxylic acids is 1. The number of urea groups is 1.